The molecule has 0 saturated carbocycles. The minimum atomic E-state index is -0.348. The standard InChI is InChI=1S/C21H30N4O3/c1-15(26)25-10-6-9-19(25)21(28)24-13-18(14-24)20(27)22-11-16-7-4-5-8-17(16)12-23(2)3/h4-5,7-8,18-19H,6,9-14H2,1-3H3,(H,22,27). The van der Waals surface area contributed by atoms with Gasteiger partial charge >= 0.3 is 0 Å². The molecule has 0 aromatic heterocycles. The highest BCUT2D eigenvalue weighted by molar-refractivity contribution is 5.90. The maximum absolute atomic E-state index is 12.6. The summed E-state index contributed by atoms with van der Waals surface area (Å²) in [5, 5.41) is 3.01. The van der Waals surface area contributed by atoms with Crippen molar-refractivity contribution in [3.8, 4) is 0 Å². The smallest absolute Gasteiger partial charge is 0.245 e. The summed E-state index contributed by atoms with van der Waals surface area (Å²) >= 11 is 0. The van der Waals surface area contributed by atoms with Gasteiger partial charge in [-0.05, 0) is 38.1 Å². The zero-order chi connectivity index (χ0) is 20.3. The average molecular weight is 386 g/mol. The van der Waals surface area contributed by atoms with Crippen molar-refractivity contribution in [2.24, 2.45) is 5.92 Å². The lowest BCUT2D eigenvalue weighted by molar-refractivity contribution is -0.150. The van der Waals surface area contributed by atoms with Gasteiger partial charge in [0, 0.05) is 39.6 Å². The van der Waals surface area contributed by atoms with Crippen LogP contribution in [-0.4, -0.2) is 72.2 Å². The van der Waals surface area contributed by atoms with Crippen molar-refractivity contribution in [1.82, 2.24) is 20.0 Å². The van der Waals surface area contributed by atoms with E-state index in [-0.39, 0.29) is 29.7 Å². The Balaban J connectivity index is 1.48. The lowest BCUT2D eigenvalue weighted by Crippen LogP contribution is -2.59. The third kappa shape index (κ3) is 4.52. The van der Waals surface area contributed by atoms with Gasteiger partial charge in [-0.1, -0.05) is 24.3 Å². The molecule has 1 N–H and O–H groups in total. The number of hydrogen-bond donors (Lipinski definition) is 1. The van der Waals surface area contributed by atoms with Gasteiger partial charge in [-0.2, -0.15) is 0 Å². The SMILES string of the molecule is CC(=O)N1CCCC1C(=O)N1CC(C(=O)NCc2ccccc2CN(C)C)C1. The first-order chi connectivity index (χ1) is 13.4. The van der Waals surface area contributed by atoms with Gasteiger partial charge in [-0.15, -0.1) is 0 Å². The van der Waals surface area contributed by atoms with Crippen molar-refractivity contribution in [2.75, 3.05) is 33.7 Å². The van der Waals surface area contributed by atoms with E-state index in [0.717, 1.165) is 18.5 Å². The maximum Gasteiger partial charge on any atom is 0.245 e. The number of amides is 3. The van der Waals surface area contributed by atoms with Crippen molar-refractivity contribution in [3.05, 3.63) is 35.4 Å². The van der Waals surface area contributed by atoms with E-state index in [2.05, 4.69) is 16.3 Å². The van der Waals surface area contributed by atoms with Crippen molar-refractivity contribution in [3.63, 3.8) is 0 Å². The Kier molecular flexibility index (Phi) is 6.34. The Labute approximate surface area is 166 Å². The molecule has 1 aromatic rings. The topological polar surface area (TPSA) is 73.0 Å². The molecule has 2 heterocycles. The van der Waals surface area contributed by atoms with Crippen molar-refractivity contribution in [1.29, 1.82) is 0 Å². The molecule has 0 bridgehead atoms. The van der Waals surface area contributed by atoms with Crippen LogP contribution in [0.1, 0.15) is 30.9 Å². The summed E-state index contributed by atoms with van der Waals surface area (Å²) < 4.78 is 0. The third-order valence-corrected chi connectivity index (χ3v) is 5.56. The first kappa shape index (κ1) is 20.3. The van der Waals surface area contributed by atoms with Crippen LogP contribution in [-0.2, 0) is 27.5 Å². The van der Waals surface area contributed by atoms with Gasteiger partial charge in [0.25, 0.3) is 0 Å². The summed E-state index contributed by atoms with van der Waals surface area (Å²) in [4.78, 5) is 42.2. The number of carbonyl (C=O) groups is 3. The highest BCUT2D eigenvalue weighted by atomic mass is 16.2. The molecule has 1 unspecified atom stereocenters. The number of benzene rings is 1. The first-order valence-electron chi connectivity index (χ1n) is 9.92. The van der Waals surface area contributed by atoms with E-state index >= 15 is 0 Å². The summed E-state index contributed by atoms with van der Waals surface area (Å²) in [6.45, 7) is 4.35. The van der Waals surface area contributed by atoms with Crippen molar-refractivity contribution >= 4 is 17.7 Å². The van der Waals surface area contributed by atoms with Gasteiger partial charge in [-0.3, -0.25) is 14.4 Å². The quantitative estimate of drug-likeness (QED) is 0.786. The van der Waals surface area contributed by atoms with Gasteiger partial charge in [0.15, 0.2) is 0 Å². The predicted octanol–water partition coefficient (Wildman–Crippen LogP) is 0.834. The highest BCUT2D eigenvalue weighted by Crippen LogP contribution is 2.24. The molecule has 0 radical (unpaired) electrons. The number of nitrogens with zero attached hydrogens (tertiary/aromatic N) is 3. The highest BCUT2D eigenvalue weighted by Gasteiger charge is 2.41. The van der Waals surface area contributed by atoms with E-state index in [0.29, 0.717) is 32.6 Å². The molecule has 3 rings (SSSR count). The van der Waals surface area contributed by atoms with Crippen LogP contribution in [0.15, 0.2) is 24.3 Å². The van der Waals surface area contributed by atoms with Crippen LogP contribution in [0, 0.1) is 5.92 Å². The maximum atomic E-state index is 12.6. The van der Waals surface area contributed by atoms with Crippen LogP contribution < -0.4 is 5.32 Å². The van der Waals surface area contributed by atoms with Crippen LogP contribution in [0.4, 0.5) is 0 Å². The zero-order valence-electron chi connectivity index (χ0n) is 17.0. The Hall–Kier alpha value is -2.41. The molecule has 1 atom stereocenters. The number of likely N-dealkylation sites (tertiary alicyclic amines) is 2. The fourth-order valence-electron chi connectivity index (χ4n) is 3.99. The van der Waals surface area contributed by atoms with E-state index in [1.165, 1.54) is 12.5 Å². The second-order valence-electron chi connectivity index (χ2n) is 8.03. The molecule has 1 aromatic carbocycles. The predicted molar refractivity (Wildman–Crippen MR) is 106 cm³/mol. The summed E-state index contributed by atoms with van der Waals surface area (Å²) in [5.41, 5.74) is 2.31. The Morgan fingerprint density at radius 1 is 1.14 bits per heavy atom. The Bertz CT molecular complexity index is 743. The number of nitrogens with one attached hydrogen (secondary N) is 1. The Morgan fingerprint density at radius 2 is 1.82 bits per heavy atom. The van der Waals surface area contributed by atoms with Gasteiger partial charge in [0.2, 0.25) is 17.7 Å². The molecule has 0 aliphatic carbocycles. The number of hydrogen-bond acceptors (Lipinski definition) is 4. The summed E-state index contributed by atoms with van der Waals surface area (Å²) in [6, 6.07) is 7.75. The van der Waals surface area contributed by atoms with Gasteiger partial charge in [0.1, 0.15) is 6.04 Å². The van der Waals surface area contributed by atoms with Gasteiger partial charge in [0.05, 0.1) is 5.92 Å². The van der Waals surface area contributed by atoms with E-state index in [9.17, 15) is 14.4 Å². The summed E-state index contributed by atoms with van der Waals surface area (Å²) in [6.07, 6.45) is 1.58. The third-order valence-electron chi connectivity index (χ3n) is 5.56. The van der Waals surface area contributed by atoms with Crippen molar-refractivity contribution in [2.45, 2.75) is 38.9 Å². The second kappa shape index (κ2) is 8.73. The van der Waals surface area contributed by atoms with Crippen LogP contribution in [0.2, 0.25) is 0 Å². The molecule has 28 heavy (non-hydrogen) atoms. The fourth-order valence-corrected chi connectivity index (χ4v) is 3.99. The number of rotatable bonds is 6. The monoisotopic (exact) mass is 386 g/mol. The van der Waals surface area contributed by atoms with Crippen LogP contribution in [0.5, 0.6) is 0 Å². The lowest BCUT2D eigenvalue weighted by Gasteiger charge is -2.40. The molecule has 3 amide bonds. The molecule has 7 nitrogen and oxygen atoms in total. The van der Waals surface area contributed by atoms with Gasteiger partial charge < -0.3 is 20.0 Å². The van der Waals surface area contributed by atoms with E-state index in [1.54, 1.807) is 9.80 Å². The normalized spacial score (nSPS) is 19.6. The second-order valence-corrected chi connectivity index (χ2v) is 8.03. The minimum absolute atomic E-state index is 0.0152. The molecular weight excluding hydrogens is 356 g/mol. The zero-order valence-corrected chi connectivity index (χ0v) is 17.0. The molecule has 152 valence electrons. The first-order valence-corrected chi connectivity index (χ1v) is 9.92. The summed E-state index contributed by atoms with van der Waals surface area (Å²) in [5.74, 6) is -0.258. The van der Waals surface area contributed by atoms with Gasteiger partial charge in [-0.25, -0.2) is 0 Å². The molecule has 2 aliphatic rings. The van der Waals surface area contributed by atoms with Crippen molar-refractivity contribution < 1.29 is 14.4 Å². The fraction of sp³-hybridized carbons (Fsp3) is 0.571. The largest absolute Gasteiger partial charge is 0.352 e. The van der Waals surface area contributed by atoms with E-state index in [4.69, 9.17) is 0 Å². The van der Waals surface area contributed by atoms with E-state index < -0.39 is 0 Å². The average Bonchev–Trinajstić information content (AvgIpc) is 3.09. The minimum Gasteiger partial charge on any atom is -0.352 e. The van der Waals surface area contributed by atoms with Crippen LogP contribution in [0.3, 0.4) is 0 Å². The summed E-state index contributed by atoms with van der Waals surface area (Å²) in [7, 11) is 4.04. The molecular formula is C21H30N4O3. The van der Waals surface area contributed by atoms with Crippen LogP contribution in [0.25, 0.3) is 0 Å². The molecule has 2 aliphatic heterocycles. The molecule has 2 saturated heterocycles. The molecule has 0 spiro atoms. The van der Waals surface area contributed by atoms with Crippen LogP contribution >= 0.6 is 0 Å². The Morgan fingerprint density at radius 3 is 2.46 bits per heavy atom. The van der Waals surface area contributed by atoms with E-state index in [1.807, 2.05) is 32.3 Å². The number of carbonyl (C=O) groups excluding carboxylic acids is 3. The molecule has 7 heteroatoms. The molecule has 2 fully saturated rings. The lowest BCUT2D eigenvalue weighted by atomic mass is 9.97.